The third-order valence-corrected chi connectivity index (χ3v) is 6.36. The molecule has 7 heteroatoms. The van der Waals surface area contributed by atoms with E-state index in [1.54, 1.807) is 12.1 Å². The number of hydrogen-bond acceptors (Lipinski definition) is 6. The Bertz CT molecular complexity index is 1570. The predicted octanol–water partition coefficient (Wildman–Crippen LogP) is 7.41. The van der Waals surface area contributed by atoms with Crippen molar-refractivity contribution < 1.29 is 28.5 Å². The maximum absolute atomic E-state index is 12.2. The third-order valence-electron chi connectivity index (χ3n) is 6.17. The van der Waals surface area contributed by atoms with E-state index in [4.69, 9.17) is 35.3 Å². The van der Waals surface area contributed by atoms with Crippen LogP contribution in [0.5, 0.6) is 23.0 Å². The van der Waals surface area contributed by atoms with Crippen LogP contribution < -0.4 is 18.9 Å². The van der Waals surface area contributed by atoms with Crippen LogP contribution in [-0.4, -0.2) is 38.0 Å². The number of rotatable bonds is 13. The summed E-state index contributed by atoms with van der Waals surface area (Å²) in [6.07, 6.45) is -0.530. The van der Waals surface area contributed by atoms with Gasteiger partial charge in [-0.25, -0.2) is 0 Å². The number of ether oxygens (including phenoxy) is 5. The van der Waals surface area contributed by atoms with Gasteiger partial charge in [0.1, 0.15) is 36.2 Å². The molecule has 0 bridgehead atoms. The molecule has 0 saturated carbocycles. The Morgan fingerprint density at radius 1 is 0.575 bits per heavy atom. The number of carbonyl (C=O) groups is 1. The fourth-order valence-corrected chi connectivity index (χ4v) is 4.30. The molecule has 204 valence electrons. The molecular weight excluding hydrogens is 528 g/mol. The first-order valence-corrected chi connectivity index (χ1v) is 13.5. The summed E-state index contributed by atoms with van der Waals surface area (Å²) in [7, 11) is 0. The van der Waals surface area contributed by atoms with Gasteiger partial charge in [0, 0.05) is 11.9 Å². The van der Waals surface area contributed by atoms with Crippen LogP contribution in [0.1, 0.15) is 6.42 Å². The van der Waals surface area contributed by atoms with Crippen molar-refractivity contribution in [1.29, 1.82) is 0 Å². The third kappa shape index (κ3) is 7.58. The number of hydrogen-bond donors (Lipinski definition) is 0. The van der Waals surface area contributed by atoms with Crippen LogP contribution in [-0.2, 0) is 9.53 Å². The fraction of sp³-hybridized carbons (Fsp3) is 0.182. The molecule has 6 nitrogen and oxygen atoms in total. The molecule has 40 heavy (non-hydrogen) atoms. The van der Waals surface area contributed by atoms with E-state index in [9.17, 15) is 4.79 Å². The average molecular weight is 557 g/mol. The van der Waals surface area contributed by atoms with Gasteiger partial charge in [-0.3, -0.25) is 4.79 Å². The van der Waals surface area contributed by atoms with Crippen molar-refractivity contribution in [2.45, 2.75) is 12.5 Å². The maximum atomic E-state index is 12.2. The number of esters is 1. The Kier molecular flexibility index (Phi) is 9.22. The van der Waals surface area contributed by atoms with E-state index in [0.29, 0.717) is 17.2 Å². The summed E-state index contributed by atoms with van der Waals surface area (Å²) in [5.74, 6) is 2.32. The van der Waals surface area contributed by atoms with Gasteiger partial charge in [0.15, 0.2) is 6.10 Å². The monoisotopic (exact) mass is 556 g/mol. The van der Waals surface area contributed by atoms with Gasteiger partial charge in [-0.15, -0.1) is 11.6 Å². The van der Waals surface area contributed by atoms with Crippen molar-refractivity contribution in [3.63, 3.8) is 0 Å². The Balaban J connectivity index is 1.16. The van der Waals surface area contributed by atoms with Crippen molar-refractivity contribution >= 4 is 39.1 Å². The largest absolute Gasteiger partial charge is 0.490 e. The highest BCUT2D eigenvalue weighted by atomic mass is 35.5. The van der Waals surface area contributed by atoms with Crippen molar-refractivity contribution in [1.82, 2.24) is 0 Å². The number of halogens is 1. The lowest BCUT2D eigenvalue weighted by molar-refractivity contribution is -0.151. The van der Waals surface area contributed by atoms with Gasteiger partial charge < -0.3 is 23.7 Å². The fourth-order valence-electron chi connectivity index (χ4n) is 4.15. The molecule has 1 atom stereocenters. The molecule has 0 aliphatic heterocycles. The Hall–Kier alpha value is -4.42. The van der Waals surface area contributed by atoms with Crippen molar-refractivity contribution in [3.05, 3.63) is 109 Å². The summed E-state index contributed by atoms with van der Waals surface area (Å²) in [4.78, 5) is 12.2. The van der Waals surface area contributed by atoms with E-state index in [-0.39, 0.29) is 32.3 Å². The lowest BCUT2D eigenvalue weighted by Gasteiger charge is -2.19. The molecule has 5 aromatic rings. The van der Waals surface area contributed by atoms with Crippen LogP contribution in [0.4, 0.5) is 0 Å². The lowest BCUT2D eigenvalue weighted by atomic mass is 10.1. The first kappa shape index (κ1) is 27.2. The van der Waals surface area contributed by atoms with E-state index in [2.05, 4.69) is 6.07 Å². The molecule has 0 saturated heterocycles. The van der Waals surface area contributed by atoms with Crippen molar-refractivity contribution in [2.24, 2.45) is 0 Å². The molecule has 0 aliphatic carbocycles. The Morgan fingerprint density at radius 2 is 1.07 bits per heavy atom. The second kappa shape index (κ2) is 13.6. The second-order valence-corrected chi connectivity index (χ2v) is 9.45. The minimum absolute atomic E-state index is 0.0417. The molecule has 1 unspecified atom stereocenters. The number of alkyl halides is 1. The van der Waals surface area contributed by atoms with E-state index in [1.807, 2.05) is 91.0 Å². The van der Waals surface area contributed by atoms with Gasteiger partial charge in [0.05, 0.1) is 6.42 Å². The SMILES string of the molecule is O=C(CCCl)OC(COc1cccc(OCOc2ccc3ccccc3c2)c1)COc1ccc2ccccc2c1. The van der Waals surface area contributed by atoms with Gasteiger partial charge in [-0.05, 0) is 57.9 Å². The summed E-state index contributed by atoms with van der Waals surface area (Å²) < 4.78 is 29.0. The van der Waals surface area contributed by atoms with Crippen LogP contribution in [0.2, 0.25) is 0 Å². The summed E-state index contributed by atoms with van der Waals surface area (Å²) in [6.45, 7) is 0.265. The van der Waals surface area contributed by atoms with E-state index >= 15 is 0 Å². The molecule has 0 heterocycles. The van der Waals surface area contributed by atoms with Crippen molar-refractivity contribution in [3.8, 4) is 23.0 Å². The highest BCUT2D eigenvalue weighted by molar-refractivity contribution is 6.18. The van der Waals surface area contributed by atoms with Gasteiger partial charge >= 0.3 is 5.97 Å². The molecule has 0 amide bonds. The molecule has 0 aliphatic rings. The van der Waals surface area contributed by atoms with Gasteiger partial charge in [0.25, 0.3) is 0 Å². The molecule has 0 aromatic heterocycles. The normalized spacial score (nSPS) is 11.6. The van der Waals surface area contributed by atoms with Crippen LogP contribution in [0, 0.1) is 0 Å². The number of fused-ring (bicyclic) bond motifs is 2. The van der Waals surface area contributed by atoms with Crippen LogP contribution in [0.3, 0.4) is 0 Å². The Labute approximate surface area is 237 Å². The Morgan fingerprint density at radius 3 is 1.65 bits per heavy atom. The standard InChI is InChI=1S/C33H29ClO6/c34-17-16-33(35)40-32(22-37-30-14-12-24-6-1-3-8-26(24)18-30)21-36-28-10-5-11-29(20-28)38-23-39-31-15-13-25-7-2-4-9-27(25)19-31/h1-15,18-20,32H,16-17,21-23H2. The molecule has 0 radical (unpaired) electrons. The first-order chi connectivity index (χ1) is 19.7. The lowest BCUT2D eigenvalue weighted by Crippen LogP contribution is -2.31. The topological polar surface area (TPSA) is 63.2 Å². The minimum Gasteiger partial charge on any atom is -0.490 e. The molecule has 0 N–H and O–H groups in total. The zero-order valence-corrected chi connectivity index (χ0v) is 22.6. The van der Waals surface area contributed by atoms with Gasteiger partial charge in [-0.1, -0.05) is 66.7 Å². The van der Waals surface area contributed by atoms with Gasteiger partial charge in [-0.2, -0.15) is 0 Å². The quantitative estimate of drug-likeness (QED) is 0.0855. The first-order valence-electron chi connectivity index (χ1n) is 13.0. The van der Waals surface area contributed by atoms with E-state index in [1.165, 1.54) is 0 Å². The van der Waals surface area contributed by atoms with Gasteiger partial charge in [0.2, 0.25) is 6.79 Å². The zero-order chi connectivity index (χ0) is 27.6. The average Bonchev–Trinajstić information content (AvgIpc) is 2.99. The van der Waals surface area contributed by atoms with Crippen molar-refractivity contribution in [2.75, 3.05) is 25.9 Å². The van der Waals surface area contributed by atoms with Crippen LogP contribution >= 0.6 is 11.6 Å². The highest BCUT2D eigenvalue weighted by Crippen LogP contribution is 2.24. The second-order valence-electron chi connectivity index (χ2n) is 9.07. The van der Waals surface area contributed by atoms with Crippen LogP contribution in [0.15, 0.2) is 109 Å². The molecule has 0 fully saturated rings. The highest BCUT2D eigenvalue weighted by Gasteiger charge is 2.17. The summed E-state index contributed by atoms with van der Waals surface area (Å²) in [6, 6.07) is 35.1. The molecule has 5 aromatic carbocycles. The smallest absolute Gasteiger partial charge is 0.307 e. The predicted molar refractivity (Wildman–Crippen MR) is 157 cm³/mol. The van der Waals surface area contributed by atoms with E-state index < -0.39 is 12.1 Å². The number of benzene rings is 5. The number of carbonyl (C=O) groups excluding carboxylic acids is 1. The minimum atomic E-state index is -0.636. The molecular formula is C33H29ClO6. The van der Waals surface area contributed by atoms with Crippen LogP contribution in [0.25, 0.3) is 21.5 Å². The zero-order valence-electron chi connectivity index (χ0n) is 21.8. The maximum Gasteiger partial charge on any atom is 0.307 e. The van der Waals surface area contributed by atoms with E-state index in [0.717, 1.165) is 27.3 Å². The molecule has 0 spiro atoms. The summed E-state index contributed by atoms with van der Waals surface area (Å²) in [5.41, 5.74) is 0. The molecule has 5 rings (SSSR count). The summed E-state index contributed by atoms with van der Waals surface area (Å²) >= 11 is 5.72. The summed E-state index contributed by atoms with van der Waals surface area (Å²) in [5, 5.41) is 4.43.